The molecule has 1 unspecified atom stereocenters. The van der Waals surface area contributed by atoms with Crippen molar-refractivity contribution >= 4 is 19.3 Å². The summed E-state index contributed by atoms with van der Waals surface area (Å²) in [5.74, 6) is 0. The van der Waals surface area contributed by atoms with Gasteiger partial charge in [-0.25, -0.2) is 6.08 Å². The molecule has 0 nitrogen and oxygen atoms in total. The van der Waals surface area contributed by atoms with Gasteiger partial charge in [-0.2, -0.15) is 5.56 Å². The summed E-state index contributed by atoms with van der Waals surface area (Å²) in [5.41, 5.74) is 3.29. The van der Waals surface area contributed by atoms with Gasteiger partial charge in [0, 0.05) is 0 Å². The van der Waals surface area contributed by atoms with E-state index in [0.717, 1.165) is 0 Å². The number of allylic oxidation sites excluding steroid dienone is 1. The van der Waals surface area contributed by atoms with Crippen molar-refractivity contribution < 1.29 is 58.9 Å². The third-order valence-electron chi connectivity index (χ3n) is 3.95. The summed E-state index contributed by atoms with van der Waals surface area (Å²) in [5, 5.41) is 1.51. The Labute approximate surface area is 167 Å². The van der Waals surface area contributed by atoms with Crippen LogP contribution in [0.1, 0.15) is 16.7 Å². The average molecular weight is 404 g/mol. The molecule has 0 N–H and O–H groups in total. The smallest absolute Gasteiger partial charge is 1.00 e. The minimum Gasteiger partial charge on any atom is -1.00 e. The second kappa shape index (κ2) is 9.97. The first-order valence-corrected chi connectivity index (χ1v) is 9.51. The quantitative estimate of drug-likeness (QED) is 0.347. The number of halogens is 3. The van der Waals surface area contributed by atoms with E-state index in [4.69, 9.17) is 0 Å². The van der Waals surface area contributed by atoms with E-state index in [0.29, 0.717) is 5.54 Å². The van der Waals surface area contributed by atoms with Gasteiger partial charge >= 0.3 is 21.7 Å². The Morgan fingerprint density at radius 2 is 1.36 bits per heavy atom. The molecule has 3 rings (SSSR count). The predicted molar refractivity (Wildman–Crippen MR) is 80.4 cm³/mol. The van der Waals surface area contributed by atoms with Gasteiger partial charge in [-0.05, 0) is 0 Å². The molecule has 0 saturated carbocycles. The van der Waals surface area contributed by atoms with Crippen LogP contribution in [0.15, 0.2) is 54.6 Å². The average Bonchev–Trinajstić information content (AvgIpc) is 2.84. The van der Waals surface area contributed by atoms with Crippen molar-refractivity contribution in [1.29, 1.82) is 0 Å². The summed E-state index contributed by atoms with van der Waals surface area (Å²) in [6, 6.07) is 19.6. The fraction of sp³-hybridized carbons (Fsp3) is 0.176. The van der Waals surface area contributed by atoms with E-state index in [1.165, 1.54) is 16.3 Å². The van der Waals surface area contributed by atoms with Crippen LogP contribution in [0.4, 0.5) is 0 Å². The molecule has 5 heteroatoms. The van der Waals surface area contributed by atoms with E-state index in [1.807, 2.05) is 0 Å². The van der Waals surface area contributed by atoms with Gasteiger partial charge in [0.1, 0.15) is 0 Å². The summed E-state index contributed by atoms with van der Waals surface area (Å²) in [6.07, 6.45) is 5.76. The summed E-state index contributed by atoms with van der Waals surface area (Å²) in [7, 11) is -1.54. The van der Waals surface area contributed by atoms with Gasteiger partial charge < -0.3 is 37.2 Å². The molecule has 0 aromatic heterocycles. The Morgan fingerprint density at radius 3 is 2.00 bits per heavy atom. The normalized spacial score (nSPS) is 14.5. The molecule has 0 spiro atoms. The monoisotopic (exact) mass is 402 g/mol. The van der Waals surface area contributed by atoms with E-state index in [9.17, 15) is 0 Å². The second-order valence-corrected chi connectivity index (χ2v) is 10.1. The van der Waals surface area contributed by atoms with Crippen molar-refractivity contribution in [2.75, 3.05) is 0 Å². The van der Waals surface area contributed by atoms with E-state index in [1.54, 1.807) is 0 Å². The first kappa shape index (κ1) is 24.2. The number of fused-ring (bicyclic) bond motifs is 1. The number of rotatable bonds is 2. The van der Waals surface area contributed by atoms with Crippen LogP contribution in [-0.4, -0.2) is 8.07 Å². The van der Waals surface area contributed by atoms with E-state index in [-0.39, 0.29) is 58.9 Å². The molecule has 22 heavy (non-hydrogen) atoms. The molecule has 1 aliphatic rings. The van der Waals surface area contributed by atoms with E-state index < -0.39 is 8.07 Å². The molecule has 1 atom stereocenters. The zero-order valence-electron chi connectivity index (χ0n) is 12.5. The van der Waals surface area contributed by atoms with Crippen LogP contribution in [0.5, 0.6) is 0 Å². The van der Waals surface area contributed by atoms with Crippen molar-refractivity contribution in [3.8, 4) is 0 Å². The molecule has 114 valence electrons. The molecule has 0 fully saturated rings. The van der Waals surface area contributed by atoms with Crippen LogP contribution in [0.3, 0.4) is 0 Å². The Morgan fingerprint density at radius 1 is 0.818 bits per heavy atom. The van der Waals surface area contributed by atoms with Crippen molar-refractivity contribution in [1.82, 2.24) is 0 Å². The van der Waals surface area contributed by atoms with Gasteiger partial charge in [0.25, 0.3) is 0 Å². The maximum Gasteiger partial charge on any atom is 4.00 e. The molecule has 2 aromatic rings. The van der Waals surface area contributed by atoms with Gasteiger partial charge in [0.2, 0.25) is 0 Å². The Bertz CT molecular complexity index is 600. The Kier molecular flexibility index (Phi) is 11.0. The minimum atomic E-state index is -1.54. The molecule has 0 aliphatic heterocycles. The zero-order valence-corrected chi connectivity index (χ0v) is 17.3. The number of benzene rings is 2. The number of hydrogen-bond acceptors (Lipinski definition) is 0. The summed E-state index contributed by atoms with van der Waals surface area (Å²) in [4.78, 5) is 0. The summed E-state index contributed by atoms with van der Waals surface area (Å²) >= 11 is 0. The largest absolute Gasteiger partial charge is 4.00 e. The molecule has 0 bridgehead atoms. The zero-order chi connectivity index (χ0) is 12.6. The SMILES string of the molecule is C[Si](C)(c1ccccc1)C1[C-]=Cc2ccccc21.[Cl-].[Cl-].[Cl-].[Ti+4]. The van der Waals surface area contributed by atoms with Crippen molar-refractivity contribution in [2.24, 2.45) is 0 Å². The molecular formula is C17H17Cl3SiTi. The van der Waals surface area contributed by atoms with Crippen molar-refractivity contribution in [3.05, 3.63) is 71.8 Å². The molecule has 0 amide bonds. The topological polar surface area (TPSA) is 0 Å². The molecule has 2 aromatic carbocycles. The van der Waals surface area contributed by atoms with Crippen LogP contribution >= 0.6 is 0 Å². The second-order valence-electron chi connectivity index (χ2n) is 5.46. The van der Waals surface area contributed by atoms with Gasteiger partial charge in [-0.15, -0.1) is 11.6 Å². The van der Waals surface area contributed by atoms with E-state index >= 15 is 0 Å². The third-order valence-corrected chi connectivity index (χ3v) is 7.69. The summed E-state index contributed by atoms with van der Waals surface area (Å²) in [6.45, 7) is 4.88. The predicted octanol–water partition coefficient (Wildman–Crippen LogP) is -5.24. The van der Waals surface area contributed by atoms with Crippen LogP contribution in [-0.2, 0) is 21.7 Å². The van der Waals surface area contributed by atoms with Crippen LogP contribution < -0.4 is 42.4 Å². The molecule has 0 heterocycles. The van der Waals surface area contributed by atoms with Crippen LogP contribution in [0, 0.1) is 6.08 Å². The minimum absolute atomic E-state index is 0. The maximum absolute atomic E-state index is 3.60. The Balaban J connectivity index is 0. The number of hydrogen-bond donors (Lipinski definition) is 0. The molecule has 1 aliphatic carbocycles. The van der Waals surface area contributed by atoms with Crippen molar-refractivity contribution in [3.63, 3.8) is 0 Å². The standard InChI is InChI=1S/C17H17Si.3ClH.Ti/c1-18(2,15-9-4-3-5-10-15)17-13-12-14-8-6-7-11-16(14)17;;;;/h3-12,17H,1-2H3;3*1H;/q-1;;;;+4/p-3. The van der Waals surface area contributed by atoms with E-state index in [2.05, 4.69) is 79.8 Å². The first-order chi connectivity index (χ1) is 8.69. The maximum atomic E-state index is 3.60. The van der Waals surface area contributed by atoms with Gasteiger partial charge in [-0.1, -0.05) is 72.4 Å². The van der Waals surface area contributed by atoms with Crippen LogP contribution in [0.25, 0.3) is 6.08 Å². The third kappa shape index (κ3) is 4.50. The van der Waals surface area contributed by atoms with Gasteiger partial charge in [0.05, 0.1) is 8.07 Å². The van der Waals surface area contributed by atoms with Gasteiger partial charge in [-0.3, -0.25) is 6.08 Å². The fourth-order valence-electron chi connectivity index (χ4n) is 2.80. The first-order valence-electron chi connectivity index (χ1n) is 6.43. The molecule has 0 saturated heterocycles. The summed E-state index contributed by atoms with van der Waals surface area (Å²) < 4.78 is 0. The Hall–Kier alpha value is -0.0188. The molecular weight excluding hydrogens is 386 g/mol. The fourth-order valence-corrected chi connectivity index (χ4v) is 5.72. The van der Waals surface area contributed by atoms with Crippen molar-refractivity contribution in [2.45, 2.75) is 18.6 Å². The molecule has 0 radical (unpaired) electrons. The van der Waals surface area contributed by atoms with Crippen LogP contribution in [0.2, 0.25) is 13.1 Å². The van der Waals surface area contributed by atoms with Gasteiger partial charge in [0.15, 0.2) is 0 Å².